The van der Waals surface area contributed by atoms with E-state index in [0.29, 0.717) is 38.8 Å². The number of unbranched alkanes of at least 4 members (excludes halogenated alkanes) is 2. The van der Waals surface area contributed by atoms with Crippen LogP contribution in [0.2, 0.25) is 0 Å². The number of amides is 2. The van der Waals surface area contributed by atoms with Gasteiger partial charge in [0, 0.05) is 24.4 Å². The number of likely N-dealkylation sites (tertiary alicyclic amines) is 1. The van der Waals surface area contributed by atoms with E-state index in [1.165, 1.54) is 16.0 Å². The zero-order valence-corrected chi connectivity index (χ0v) is 21.9. The number of carbonyl (C=O) groups is 3. The zero-order chi connectivity index (χ0) is 26.5. The number of aromatic hydroxyl groups is 1. The molecule has 1 aromatic rings. The van der Waals surface area contributed by atoms with E-state index in [2.05, 4.69) is 13.8 Å². The number of aliphatic carboxylic acids is 1. The number of carboxylic acid groups (broad SMARTS) is 1. The molecule has 2 heterocycles. The van der Waals surface area contributed by atoms with Crippen LogP contribution in [0.25, 0.3) is 6.08 Å². The van der Waals surface area contributed by atoms with Crippen LogP contribution >= 0.6 is 0 Å². The molecule has 4 atom stereocenters. The molecule has 4 rings (SSSR count). The molecule has 2 amide bonds. The first-order valence-corrected chi connectivity index (χ1v) is 13.7. The number of allylic oxidation sites excluding steroid dienone is 2. The summed E-state index contributed by atoms with van der Waals surface area (Å²) in [6.45, 7) is 5.05. The SMILES string of the molecule is CCCC1=C2[C@@H](CC/C(C)=C/c3ccccc3O)OC[C@@H]2[C@@H]2C(=O)N(CCCCCC(=O)O)C(=O)[C@@H]2C1. The molecule has 3 aliphatic rings. The summed E-state index contributed by atoms with van der Waals surface area (Å²) in [5.74, 6) is -1.38. The predicted molar refractivity (Wildman–Crippen MR) is 141 cm³/mol. The normalized spacial score (nSPS) is 25.6. The number of nitrogens with zero attached hydrogens (tertiary/aromatic N) is 1. The van der Waals surface area contributed by atoms with Crippen molar-refractivity contribution in [2.75, 3.05) is 13.2 Å². The average Bonchev–Trinajstić information content (AvgIpc) is 3.38. The predicted octanol–water partition coefficient (Wildman–Crippen LogP) is 5.34. The van der Waals surface area contributed by atoms with E-state index >= 15 is 0 Å². The Morgan fingerprint density at radius 2 is 1.89 bits per heavy atom. The molecule has 2 aliphatic heterocycles. The highest BCUT2D eigenvalue weighted by Gasteiger charge is 2.56. The van der Waals surface area contributed by atoms with E-state index in [-0.39, 0.29) is 47.8 Å². The Morgan fingerprint density at radius 1 is 1.11 bits per heavy atom. The topological polar surface area (TPSA) is 104 Å². The van der Waals surface area contributed by atoms with E-state index in [0.717, 1.165) is 36.8 Å². The minimum atomic E-state index is -0.818. The summed E-state index contributed by atoms with van der Waals surface area (Å²) in [4.78, 5) is 38.9. The van der Waals surface area contributed by atoms with Gasteiger partial charge in [-0.2, -0.15) is 0 Å². The molecule has 7 heteroatoms. The van der Waals surface area contributed by atoms with Crippen molar-refractivity contribution in [3.63, 3.8) is 0 Å². The molecule has 2 saturated heterocycles. The second-order valence-corrected chi connectivity index (χ2v) is 10.7. The highest BCUT2D eigenvalue weighted by atomic mass is 16.5. The number of phenols is 1. The number of hydrogen-bond donors (Lipinski definition) is 2. The van der Waals surface area contributed by atoms with Crippen molar-refractivity contribution < 1.29 is 29.3 Å². The molecule has 2 N–H and O–H groups in total. The van der Waals surface area contributed by atoms with Crippen molar-refractivity contribution in [3.8, 4) is 5.75 Å². The second kappa shape index (κ2) is 12.1. The fourth-order valence-corrected chi connectivity index (χ4v) is 6.33. The molecule has 1 aromatic carbocycles. The number of para-hydroxylation sites is 1. The van der Waals surface area contributed by atoms with Gasteiger partial charge in [-0.25, -0.2) is 0 Å². The molecule has 0 saturated carbocycles. The fraction of sp³-hybridized carbons (Fsp3) is 0.567. The number of rotatable bonds is 12. The van der Waals surface area contributed by atoms with Gasteiger partial charge in [-0.05, 0) is 57.1 Å². The van der Waals surface area contributed by atoms with Gasteiger partial charge in [0.05, 0.1) is 24.5 Å². The monoisotopic (exact) mass is 509 g/mol. The second-order valence-electron chi connectivity index (χ2n) is 10.7. The van der Waals surface area contributed by atoms with Crippen molar-refractivity contribution in [2.45, 2.75) is 77.7 Å². The number of benzene rings is 1. The summed E-state index contributed by atoms with van der Waals surface area (Å²) in [6, 6.07) is 7.29. The lowest BCUT2D eigenvalue weighted by Crippen LogP contribution is -2.34. The molecular weight excluding hydrogens is 470 g/mol. The van der Waals surface area contributed by atoms with Crippen molar-refractivity contribution in [1.82, 2.24) is 4.90 Å². The third kappa shape index (κ3) is 5.98. The molecule has 1 aliphatic carbocycles. The molecule has 7 nitrogen and oxygen atoms in total. The summed E-state index contributed by atoms with van der Waals surface area (Å²) in [7, 11) is 0. The van der Waals surface area contributed by atoms with Gasteiger partial charge in [0.15, 0.2) is 0 Å². The maximum Gasteiger partial charge on any atom is 0.303 e. The van der Waals surface area contributed by atoms with Crippen LogP contribution in [-0.2, 0) is 19.1 Å². The van der Waals surface area contributed by atoms with Crippen LogP contribution in [0.4, 0.5) is 0 Å². The molecular formula is C30H39NO6. The molecule has 200 valence electrons. The number of ether oxygens (including phenoxy) is 1. The van der Waals surface area contributed by atoms with Crippen LogP contribution in [0.5, 0.6) is 5.75 Å². The lowest BCUT2D eigenvalue weighted by Gasteiger charge is -2.32. The standard InChI is InChI=1S/C30H39NO6/c1-3-9-21-17-22-28(30(36)31(29(22)35)15-8-4-5-12-26(33)34)23-18-37-25(27(21)23)14-13-19(2)16-20-10-6-7-11-24(20)32/h6-7,10-11,16,22-23,25,28,32H,3-5,8-9,12-15,17-18H2,1-2H3,(H,33,34)/b19-16+/t22-,23+,25-,28-/m1/s1. The number of hydrogen-bond acceptors (Lipinski definition) is 5. The van der Waals surface area contributed by atoms with Crippen molar-refractivity contribution in [3.05, 3.63) is 46.5 Å². The van der Waals surface area contributed by atoms with Crippen LogP contribution in [-0.4, -0.2) is 52.2 Å². The van der Waals surface area contributed by atoms with Gasteiger partial charge in [-0.3, -0.25) is 19.3 Å². The van der Waals surface area contributed by atoms with E-state index < -0.39 is 5.97 Å². The maximum absolute atomic E-state index is 13.4. The molecule has 0 unspecified atom stereocenters. The lowest BCUT2D eigenvalue weighted by atomic mass is 9.68. The van der Waals surface area contributed by atoms with E-state index in [1.54, 1.807) is 6.07 Å². The lowest BCUT2D eigenvalue weighted by molar-refractivity contribution is -0.141. The average molecular weight is 510 g/mol. The number of fused-ring (bicyclic) bond motifs is 3. The van der Waals surface area contributed by atoms with Gasteiger partial charge in [-0.1, -0.05) is 55.2 Å². The van der Waals surface area contributed by atoms with E-state index in [9.17, 15) is 19.5 Å². The Balaban J connectivity index is 1.44. The van der Waals surface area contributed by atoms with E-state index in [1.807, 2.05) is 24.3 Å². The van der Waals surface area contributed by atoms with Crippen LogP contribution < -0.4 is 0 Å². The summed E-state index contributed by atoms with van der Waals surface area (Å²) < 4.78 is 6.29. The summed E-state index contributed by atoms with van der Waals surface area (Å²) in [5, 5.41) is 18.9. The molecule has 0 radical (unpaired) electrons. The third-order valence-electron chi connectivity index (χ3n) is 8.06. The van der Waals surface area contributed by atoms with Crippen molar-refractivity contribution >= 4 is 23.9 Å². The largest absolute Gasteiger partial charge is 0.507 e. The first-order chi connectivity index (χ1) is 17.8. The smallest absolute Gasteiger partial charge is 0.303 e. The van der Waals surface area contributed by atoms with Crippen LogP contribution in [0.3, 0.4) is 0 Å². The molecule has 0 bridgehead atoms. The summed E-state index contributed by atoms with van der Waals surface area (Å²) in [5.41, 5.74) is 4.50. The van der Waals surface area contributed by atoms with Crippen molar-refractivity contribution in [1.29, 1.82) is 0 Å². The van der Waals surface area contributed by atoms with Gasteiger partial charge >= 0.3 is 5.97 Å². The Hall–Kier alpha value is -2.93. The number of carbonyl (C=O) groups excluding carboxylic acids is 2. The Labute approximate surface area is 219 Å². The summed E-state index contributed by atoms with van der Waals surface area (Å²) in [6.07, 6.45) is 8.11. The van der Waals surface area contributed by atoms with Gasteiger partial charge < -0.3 is 14.9 Å². The fourth-order valence-electron chi connectivity index (χ4n) is 6.33. The van der Waals surface area contributed by atoms with Crippen LogP contribution in [0.15, 0.2) is 41.0 Å². The van der Waals surface area contributed by atoms with Crippen LogP contribution in [0, 0.1) is 17.8 Å². The van der Waals surface area contributed by atoms with Crippen molar-refractivity contribution in [2.24, 2.45) is 17.8 Å². The van der Waals surface area contributed by atoms with Crippen LogP contribution in [0.1, 0.15) is 77.2 Å². The highest BCUT2D eigenvalue weighted by Crippen LogP contribution is 2.50. The molecule has 0 aromatic heterocycles. The third-order valence-corrected chi connectivity index (χ3v) is 8.06. The quantitative estimate of drug-likeness (QED) is 0.224. The van der Waals surface area contributed by atoms with Gasteiger partial charge in [0.25, 0.3) is 0 Å². The minimum Gasteiger partial charge on any atom is -0.507 e. The Bertz CT molecular complexity index is 1090. The first-order valence-electron chi connectivity index (χ1n) is 13.7. The van der Waals surface area contributed by atoms with E-state index in [4.69, 9.17) is 9.84 Å². The Morgan fingerprint density at radius 3 is 2.62 bits per heavy atom. The summed E-state index contributed by atoms with van der Waals surface area (Å²) >= 11 is 0. The number of carboxylic acids is 1. The molecule has 0 spiro atoms. The molecule has 37 heavy (non-hydrogen) atoms. The first kappa shape index (κ1) is 27.1. The Kier molecular flexibility index (Phi) is 8.85. The number of phenolic OH excluding ortho intramolecular Hbond substituents is 1. The highest BCUT2D eigenvalue weighted by molar-refractivity contribution is 6.05. The maximum atomic E-state index is 13.4. The van der Waals surface area contributed by atoms with Gasteiger partial charge in [0.1, 0.15) is 5.75 Å². The minimum absolute atomic E-state index is 0.0405. The zero-order valence-electron chi connectivity index (χ0n) is 21.9. The number of imide groups is 1. The van der Waals surface area contributed by atoms with Gasteiger partial charge in [0.2, 0.25) is 11.8 Å². The van der Waals surface area contributed by atoms with Gasteiger partial charge in [-0.15, -0.1) is 0 Å². The molecule has 2 fully saturated rings.